The highest BCUT2D eigenvalue weighted by Crippen LogP contribution is 2.36. The van der Waals surface area contributed by atoms with Crippen molar-refractivity contribution in [2.45, 2.75) is 52.7 Å². The normalized spacial score (nSPS) is 12.6. The van der Waals surface area contributed by atoms with Gasteiger partial charge in [0.2, 0.25) is 0 Å². The van der Waals surface area contributed by atoms with Crippen molar-refractivity contribution in [3.05, 3.63) is 83.9 Å². The Morgan fingerprint density at radius 2 is 1.19 bits per heavy atom. The van der Waals surface area contributed by atoms with E-state index in [0.29, 0.717) is 18.4 Å². The summed E-state index contributed by atoms with van der Waals surface area (Å²) >= 11 is 0. The van der Waals surface area contributed by atoms with Crippen molar-refractivity contribution in [2.75, 3.05) is 0 Å². The van der Waals surface area contributed by atoms with Gasteiger partial charge in [0.05, 0.1) is 23.3 Å². The number of esters is 2. The van der Waals surface area contributed by atoms with Crippen molar-refractivity contribution in [3.63, 3.8) is 0 Å². The number of benzene rings is 3. The molecule has 0 aromatic heterocycles. The van der Waals surface area contributed by atoms with E-state index < -0.39 is 11.9 Å². The Labute approximate surface area is 190 Å². The number of hydrogen-bond acceptors (Lipinski definition) is 4. The average Bonchev–Trinajstić information content (AvgIpc) is 2.83. The van der Waals surface area contributed by atoms with Gasteiger partial charge in [-0.1, -0.05) is 80.6 Å². The first kappa shape index (κ1) is 23.3. The number of carbonyl (C=O) groups excluding carboxylic acids is 2. The van der Waals surface area contributed by atoms with Gasteiger partial charge in [0.25, 0.3) is 0 Å². The van der Waals surface area contributed by atoms with Gasteiger partial charge in [-0.2, -0.15) is 0 Å². The first-order valence-corrected chi connectivity index (χ1v) is 11.2. The summed E-state index contributed by atoms with van der Waals surface area (Å²) in [5.74, 6) is -1.04. The van der Waals surface area contributed by atoms with Crippen LogP contribution in [0.3, 0.4) is 0 Å². The van der Waals surface area contributed by atoms with Crippen LogP contribution in [0.2, 0.25) is 0 Å². The molecule has 0 fully saturated rings. The third-order valence-corrected chi connectivity index (χ3v) is 5.56. The van der Waals surface area contributed by atoms with E-state index in [-0.39, 0.29) is 23.3 Å². The molecule has 0 saturated carbocycles. The molecule has 0 aliphatic rings. The van der Waals surface area contributed by atoms with Crippen LogP contribution in [0.5, 0.6) is 0 Å². The molecular formula is C28H30O4. The van der Waals surface area contributed by atoms with Gasteiger partial charge >= 0.3 is 11.9 Å². The van der Waals surface area contributed by atoms with Gasteiger partial charge in [-0.25, -0.2) is 9.59 Å². The highest BCUT2D eigenvalue weighted by Gasteiger charge is 2.26. The molecule has 0 aliphatic carbocycles. The second kappa shape index (κ2) is 10.8. The minimum atomic E-state index is -0.520. The maximum atomic E-state index is 13.3. The van der Waals surface area contributed by atoms with Crippen LogP contribution >= 0.6 is 0 Å². The van der Waals surface area contributed by atoms with Crippen molar-refractivity contribution < 1.29 is 19.1 Å². The smallest absolute Gasteiger partial charge is 0.339 e. The van der Waals surface area contributed by atoms with Crippen molar-refractivity contribution in [2.24, 2.45) is 0 Å². The molecule has 3 rings (SSSR count). The molecule has 3 aromatic rings. The first-order valence-electron chi connectivity index (χ1n) is 11.2. The van der Waals surface area contributed by atoms with Crippen LogP contribution in [-0.2, 0) is 9.47 Å². The lowest BCUT2D eigenvalue weighted by molar-refractivity contribution is 0.0286. The Morgan fingerprint density at radius 3 is 1.81 bits per heavy atom. The SMILES string of the molecule is CCC(C)OC(=O)c1cccc(-c2ccccc2-c2ccccc2)c1C(=O)OC(C)CC. The maximum Gasteiger partial charge on any atom is 0.339 e. The Kier molecular flexibility index (Phi) is 7.82. The van der Waals surface area contributed by atoms with Crippen LogP contribution in [0.4, 0.5) is 0 Å². The van der Waals surface area contributed by atoms with E-state index in [1.54, 1.807) is 12.1 Å². The van der Waals surface area contributed by atoms with Gasteiger partial charge in [-0.05, 0) is 55.0 Å². The number of carbonyl (C=O) groups is 2. The fourth-order valence-electron chi connectivity index (χ4n) is 3.41. The molecule has 0 saturated heterocycles. The quantitative estimate of drug-likeness (QED) is 0.364. The molecule has 4 heteroatoms. The number of rotatable bonds is 8. The van der Waals surface area contributed by atoms with Gasteiger partial charge in [0, 0.05) is 0 Å². The van der Waals surface area contributed by atoms with Crippen LogP contribution in [-0.4, -0.2) is 24.1 Å². The molecular weight excluding hydrogens is 400 g/mol. The lowest BCUT2D eigenvalue weighted by atomic mass is 9.89. The van der Waals surface area contributed by atoms with E-state index >= 15 is 0 Å². The van der Waals surface area contributed by atoms with Crippen molar-refractivity contribution in [3.8, 4) is 22.3 Å². The van der Waals surface area contributed by atoms with Gasteiger partial charge in [-0.3, -0.25) is 0 Å². The molecule has 0 bridgehead atoms. The first-order chi connectivity index (χ1) is 15.5. The lowest BCUT2D eigenvalue weighted by Crippen LogP contribution is -2.21. The Morgan fingerprint density at radius 1 is 0.656 bits per heavy atom. The van der Waals surface area contributed by atoms with Gasteiger partial charge in [-0.15, -0.1) is 0 Å². The van der Waals surface area contributed by atoms with E-state index in [2.05, 4.69) is 0 Å². The minimum Gasteiger partial charge on any atom is -0.459 e. The van der Waals surface area contributed by atoms with Crippen molar-refractivity contribution in [1.82, 2.24) is 0 Å². The van der Waals surface area contributed by atoms with Crippen LogP contribution in [0, 0.1) is 0 Å². The standard InChI is InChI=1S/C28H30O4/c1-5-19(3)31-27(29)25-18-12-17-24(26(25)28(30)32-20(4)6-2)23-16-11-10-15-22(23)21-13-8-7-9-14-21/h7-20H,5-6H2,1-4H3. The molecule has 2 unspecified atom stereocenters. The molecule has 0 N–H and O–H groups in total. The molecule has 3 aromatic carbocycles. The largest absolute Gasteiger partial charge is 0.459 e. The summed E-state index contributed by atoms with van der Waals surface area (Å²) < 4.78 is 11.2. The van der Waals surface area contributed by atoms with E-state index in [0.717, 1.165) is 16.7 Å². The molecule has 0 aliphatic heterocycles. The summed E-state index contributed by atoms with van der Waals surface area (Å²) in [4.78, 5) is 26.3. The minimum absolute atomic E-state index is 0.221. The summed E-state index contributed by atoms with van der Waals surface area (Å²) in [5.41, 5.74) is 3.96. The number of hydrogen-bond donors (Lipinski definition) is 0. The Hall–Kier alpha value is -3.40. The van der Waals surface area contributed by atoms with E-state index in [1.807, 2.05) is 88.4 Å². The van der Waals surface area contributed by atoms with Crippen LogP contribution in [0.1, 0.15) is 61.3 Å². The van der Waals surface area contributed by atoms with E-state index in [4.69, 9.17) is 9.47 Å². The highest BCUT2D eigenvalue weighted by atomic mass is 16.5. The molecule has 166 valence electrons. The van der Waals surface area contributed by atoms with Crippen molar-refractivity contribution in [1.29, 1.82) is 0 Å². The molecule has 4 nitrogen and oxygen atoms in total. The average molecular weight is 431 g/mol. The zero-order valence-electron chi connectivity index (χ0n) is 19.1. The fraction of sp³-hybridized carbons (Fsp3) is 0.286. The van der Waals surface area contributed by atoms with Gasteiger partial charge < -0.3 is 9.47 Å². The summed E-state index contributed by atoms with van der Waals surface area (Å²) in [6, 6.07) is 23.1. The van der Waals surface area contributed by atoms with E-state index in [9.17, 15) is 9.59 Å². The van der Waals surface area contributed by atoms with Crippen LogP contribution < -0.4 is 0 Å². The zero-order valence-corrected chi connectivity index (χ0v) is 19.1. The third-order valence-electron chi connectivity index (χ3n) is 5.56. The Bertz CT molecular complexity index is 1070. The zero-order chi connectivity index (χ0) is 23.1. The second-order valence-electron chi connectivity index (χ2n) is 7.89. The molecule has 0 radical (unpaired) electrons. The van der Waals surface area contributed by atoms with Gasteiger partial charge in [0.15, 0.2) is 0 Å². The maximum absolute atomic E-state index is 13.3. The summed E-state index contributed by atoms with van der Waals surface area (Å²) in [6.45, 7) is 7.58. The summed E-state index contributed by atoms with van der Waals surface area (Å²) in [7, 11) is 0. The number of ether oxygens (including phenoxy) is 2. The molecule has 0 amide bonds. The predicted molar refractivity (Wildman–Crippen MR) is 128 cm³/mol. The molecule has 0 spiro atoms. The van der Waals surface area contributed by atoms with E-state index in [1.165, 1.54) is 0 Å². The molecule has 32 heavy (non-hydrogen) atoms. The summed E-state index contributed by atoms with van der Waals surface area (Å²) in [6.07, 6.45) is 0.857. The van der Waals surface area contributed by atoms with Crippen LogP contribution in [0.25, 0.3) is 22.3 Å². The second-order valence-corrected chi connectivity index (χ2v) is 7.89. The van der Waals surface area contributed by atoms with Crippen LogP contribution in [0.15, 0.2) is 72.8 Å². The highest BCUT2D eigenvalue weighted by molar-refractivity contribution is 6.09. The summed E-state index contributed by atoms with van der Waals surface area (Å²) in [5, 5.41) is 0. The van der Waals surface area contributed by atoms with Crippen molar-refractivity contribution >= 4 is 11.9 Å². The predicted octanol–water partition coefficient (Wildman–Crippen LogP) is 6.93. The fourth-order valence-corrected chi connectivity index (χ4v) is 3.41. The lowest BCUT2D eigenvalue weighted by Gasteiger charge is -2.19. The third kappa shape index (κ3) is 5.25. The molecule has 0 heterocycles. The topological polar surface area (TPSA) is 52.6 Å². The molecule has 2 atom stereocenters. The monoisotopic (exact) mass is 430 g/mol. The van der Waals surface area contributed by atoms with Gasteiger partial charge in [0.1, 0.15) is 0 Å². The Balaban J connectivity index is 2.20.